The van der Waals surface area contributed by atoms with Crippen LogP contribution in [0.15, 0.2) is 24.3 Å². The molecule has 3 nitrogen and oxygen atoms in total. The van der Waals surface area contributed by atoms with Crippen molar-refractivity contribution in [3.8, 4) is 0 Å². The molecule has 0 heterocycles. The summed E-state index contributed by atoms with van der Waals surface area (Å²) >= 11 is 0. The van der Waals surface area contributed by atoms with Gasteiger partial charge < -0.3 is 10.1 Å². The van der Waals surface area contributed by atoms with Crippen molar-refractivity contribution in [2.45, 2.75) is 37.6 Å². The molecule has 0 atom stereocenters. The Morgan fingerprint density at radius 2 is 1.94 bits per heavy atom. The van der Waals surface area contributed by atoms with Crippen LogP contribution in [-0.2, 0) is 9.53 Å². The summed E-state index contributed by atoms with van der Waals surface area (Å²) in [5, 5.41) is 3.06. The number of halogens is 1. The number of carbonyl (C=O) groups is 1. The molecule has 1 aromatic rings. The van der Waals surface area contributed by atoms with E-state index in [2.05, 4.69) is 5.32 Å². The Morgan fingerprint density at radius 3 is 2.56 bits per heavy atom. The Labute approximate surface area is 106 Å². The summed E-state index contributed by atoms with van der Waals surface area (Å²) in [6.45, 7) is 0. The maximum Gasteiger partial charge on any atom is 0.331 e. The molecular weight excluding hydrogens is 233 g/mol. The molecule has 1 saturated carbocycles. The van der Waals surface area contributed by atoms with Gasteiger partial charge in [-0.3, -0.25) is 0 Å². The summed E-state index contributed by atoms with van der Waals surface area (Å²) in [5.74, 6) is -0.642. The van der Waals surface area contributed by atoms with E-state index in [0.717, 1.165) is 19.3 Å². The molecule has 0 aromatic heterocycles. The second kappa shape index (κ2) is 5.38. The quantitative estimate of drug-likeness (QED) is 0.839. The van der Waals surface area contributed by atoms with E-state index >= 15 is 0 Å². The van der Waals surface area contributed by atoms with E-state index in [1.807, 2.05) is 0 Å². The summed E-state index contributed by atoms with van der Waals surface area (Å²) in [5.41, 5.74) is -0.403. The van der Waals surface area contributed by atoms with Crippen molar-refractivity contribution in [2.75, 3.05) is 12.4 Å². The lowest BCUT2D eigenvalue weighted by molar-refractivity contribution is -0.147. The fourth-order valence-corrected chi connectivity index (χ4v) is 2.55. The molecule has 1 fully saturated rings. The molecule has 0 radical (unpaired) electrons. The molecule has 1 aromatic carbocycles. The predicted octanol–water partition coefficient (Wildman–Crippen LogP) is 3.11. The number of esters is 1. The first-order valence-electron chi connectivity index (χ1n) is 6.29. The Balaban J connectivity index is 2.25. The molecule has 98 valence electrons. The molecule has 4 heteroatoms. The van der Waals surface area contributed by atoms with Crippen molar-refractivity contribution < 1.29 is 13.9 Å². The average Bonchev–Trinajstić information content (AvgIpc) is 2.41. The highest BCUT2D eigenvalue weighted by molar-refractivity contribution is 5.84. The third-order valence-corrected chi connectivity index (χ3v) is 3.53. The highest BCUT2D eigenvalue weighted by atomic mass is 19.1. The summed E-state index contributed by atoms with van der Waals surface area (Å²) in [6.07, 6.45) is 4.40. The van der Waals surface area contributed by atoms with Gasteiger partial charge in [-0.1, -0.05) is 31.4 Å². The third-order valence-electron chi connectivity index (χ3n) is 3.53. The second-order valence-corrected chi connectivity index (χ2v) is 4.74. The summed E-state index contributed by atoms with van der Waals surface area (Å²) in [4.78, 5) is 12.0. The molecule has 0 aliphatic heterocycles. The Morgan fingerprint density at radius 1 is 1.28 bits per heavy atom. The summed E-state index contributed by atoms with van der Waals surface area (Å²) in [7, 11) is 1.38. The van der Waals surface area contributed by atoms with Gasteiger partial charge in [-0.2, -0.15) is 0 Å². The lowest BCUT2D eigenvalue weighted by atomic mass is 9.81. The van der Waals surface area contributed by atoms with Crippen molar-refractivity contribution in [1.82, 2.24) is 0 Å². The molecule has 0 bridgehead atoms. The van der Waals surface area contributed by atoms with E-state index in [0.29, 0.717) is 18.5 Å². The average molecular weight is 251 g/mol. The molecule has 1 N–H and O–H groups in total. The van der Waals surface area contributed by atoms with Crippen molar-refractivity contribution in [3.63, 3.8) is 0 Å². The molecule has 1 aliphatic carbocycles. The van der Waals surface area contributed by atoms with E-state index in [-0.39, 0.29) is 11.8 Å². The number of carbonyl (C=O) groups excluding carboxylic acids is 1. The highest BCUT2D eigenvalue weighted by Crippen LogP contribution is 2.33. The first kappa shape index (κ1) is 12.9. The topological polar surface area (TPSA) is 38.3 Å². The van der Waals surface area contributed by atoms with Gasteiger partial charge in [0.15, 0.2) is 0 Å². The molecular formula is C14H18FNO2. The number of hydrogen-bond donors (Lipinski definition) is 1. The lowest BCUT2D eigenvalue weighted by Crippen LogP contribution is -2.48. The molecule has 18 heavy (non-hydrogen) atoms. The number of rotatable bonds is 3. The zero-order valence-corrected chi connectivity index (χ0v) is 10.5. The Hall–Kier alpha value is -1.58. The van der Waals surface area contributed by atoms with Crippen LogP contribution in [0.1, 0.15) is 32.1 Å². The van der Waals surface area contributed by atoms with Gasteiger partial charge in [0.2, 0.25) is 0 Å². The number of anilines is 1. The van der Waals surface area contributed by atoms with E-state index in [9.17, 15) is 9.18 Å². The normalized spacial score (nSPS) is 18.1. The van der Waals surface area contributed by atoms with Gasteiger partial charge in [0.1, 0.15) is 11.4 Å². The lowest BCUT2D eigenvalue weighted by Gasteiger charge is -2.36. The van der Waals surface area contributed by atoms with Gasteiger partial charge in [-0.15, -0.1) is 0 Å². The fourth-order valence-electron chi connectivity index (χ4n) is 2.55. The van der Waals surface area contributed by atoms with Crippen LogP contribution >= 0.6 is 0 Å². The molecule has 2 rings (SSSR count). The monoisotopic (exact) mass is 251 g/mol. The van der Waals surface area contributed by atoms with E-state index in [4.69, 9.17) is 4.74 Å². The third kappa shape index (κ3) is 2.47. The van der Waals surface area contributed by atoms with E-state index in [1.54, 1.807) is 18.2 Å². The van der Waals surface area contributed by atoms with E-state index < -0.39 is 5.54 Å². The maximum absolute atomic E-state index is 13.7. The number of benzene rings is 1. The first-order valence-corrected chi connectivity index (χ1v) is 6.29. The SMILES string of the molecule is COC(=O)C1(Nc2ccccc2F)CCCCC1. The van der Waals surface area contributed by atoms with Crippen molar-refractivity contribution in [1.29, 1.82) is 0 Å². The predicted molar refractivity (Wildman–Crippen MR) is 67.9 cm³/mol. The van der Waals surface area contributed by atoms with Gasteiger partial charge in [-0.25, -0.2) is 9.18 Å². The zero-order valence-electron chi connectivity index (χ0n) is 10.5. The molecule has 1 aliphatic rings. The minimum absolute atomic E-state index is 0.301. The van der Waals surface area contributed by atoms with Gasteiger partial charge in [0.25, 0.3) is 0 Å². The fraction of sp³-hybridized carbons (Fsp3) is 0.500. The van der Waals surface area contributed by atoms with Crippen LogP contribution in [0.5, 0.6) is 0 Å². The Kier molecular flexibility index (Phi) is 3.84. The van der Waals surface area contributed by atoms with Crippen molar-refractivity contribution >= 4 is 11.7 Å². The Bertz CT molecular complexity index is 428. The zero-order chi connectivity index (χ0) is 13.0. The first-order chi connectivity index (χ1) is 8.68. The number of para-hydroxylation sites is 1. The van der Waals surface area contributed by atoms with Crippen LogP contribution in [0.3, 0.4) is 0 Å². The minimum Gasteiger partial charge on any atom is -0.467 e. The van der Waals surface area contributed by atoms with Gasteiger partial charge in [0, 0.05) is 0 Å². The smallest absolute Gasteiger partial charge is 0.331 e. The van der Waals surface area contributed by atoms with Crippen LogP contribution in [-0.4, -0.2) is 18.6 Å². The van der Waals surface area contributed by atoms with Crippen molar-refractivity contribution in [3.05, 3.63) is 30.1 Å². The van der Waals surface area contributed by atoms with Crippen LogP contribution < -0.4 is 5.32 Å². The molecule has 0 spiro atoms. The molecule has 0 unspecified atom stereocenters. The van der Waals surface area contributed by atoms with Crippen LogP contribution in [0.25, 0.3) is 0 Å². The molecule has 0 amide bonds. The van der Waals surface area contributed by atoms with Crippen LogP contribution in [0, 0.1) is 5.82 Å². The van der Waals surface area contributed by atoms with E-state index in [1.165, 1.54) is 13.2 Å². The van der Waals surface area contributed by atoms with Gasteiger partial charge >= 0.3 is 5.97 Å². The highest BCUT2D eigenvalue weighted by Gasteiger charge is 2.40. The van der Waals surface area contributed by atoms with Crippen LogP contribution in [0.4, 0.5) is 10.1 Å². The second-order valence-electron chi connectivity index (χ2n) is 4.74. The van der Waals surface area contributed by atoms with Crippen molar-refractivity contribution in [2.24, 2.45) is 0 Å². The number of hydrogen-bond acceptors (Lipinski definition) is 3. The minimum atomic E-state index is -0.769. The van der Waals surface area contributed by atoms with Crippen LogP contribution in [0.2, 0.25) is 0 Å². The maximum atomic E-state index is 13.7. The number of nitrogens with one attached hydrogen (secondary N) is 1. The largest absolute Gasteiger partial charge is 0.467 e. The summed E-state index contributed by atoms with van der Waals surface area (Å²) < 4.78 is 18.5. The summed E-state index contributed by atoms with van der Waals surface area (Å²) in [6, 6.07) is 6.41. The number of ether oxygens (including phenoxy) is 1. The van der Waals surface area contributed by atoms with Gasteiger partial charge in [0.05, 0.1) is 12.8 Å². The number of methoxy groups -OCH3 is 1. The molecule has 0 saturated heterocycles. The van der Waals surface area contributed by atoms with Gasteiger partial charge in [-0.05, 0) is 25.0 Å². The standard InChI is InChI=1S/C14H18FNO2/c1-18-13(17)14(9-5-2-6-10-14)16-12-8-4-3-7-11(12)15/h3-4,7-8,16H,2,5-6,9-10H2,1H3.